The van der Waals surface area contributed by atoms with Crippen molar-refractivity contribution in [2.75, 3.05) is 37.6 Å². The molecular weight excluding hydrogens is 246 g/mol. The van der Waals surface area contributed by atoms with Gasteiger partial charge < -0.3 is 10.6 Å². The van der Waals surface area contributed by atoms with Crippen molar-refractivity contribution < 1.29 is 0 Å². The molecule has 0 saturated carbocycles. The van der Waals surface area contributed by atoms with Gasteiger partial charge >= 0.3 is 0 Å². The number of nitrogens with zero attached hydrogens (tertiary/aromatic N) is 4. The fraction of sp³-hybridized carbons (Fsp3) is 0.583. The minimum absolute atomic E-state index is 0.567. The van der Waals surface area contributed by atoms with Crippen LogP contribution in [0.2, 0.25) is 0 Å². The predicted molar refractivity (Wildman–Crippen MR) is 76.9 cm³/mol. The summed E-state index contributed by atoms with van der Waals surface area (Å²) in [6.45, 7) is 8.50. The van der Waals surface area contributed by atoms with E-state index in [2.05, 4.69) is 19.8 Å². The summed E-state index contributed by atoms with van der Waals surface area (Å²) in [4.78, 5) is 13.9. The topological polar surface area (TPSA) is 58.3 Å². The molecule has 0 spiro atoms. The summed E-state index contributed by atoms with van der Waals surface area (Å²) in [6, 6.07) is 2.04. The first-order valence-corrected chi connectivity index (χ1v) is 6.53. The Morgan fingerprint density at radius 2 is 1.94 bits per heavy atom. The molecule has 2 rings (SSSR count). The van der Waals surface area contributed by atoms with Gasteiger partial charge in [-0.25, -0.2) is 9.97 Å². The highest BCUT2D eigenvalue weighted by atomic mass is 32.1. The van der Waals surface area contributed by atoms with Gasteiger partial charge in [-0.3, -0.25) is 4.90 Å². The minimum atomic E-state index is 0.567. The molecular formula is C12H19N5S. The number of rotatable bonds is 3. The van der Waals surface area contributed by atoms with E-state index in [0.717, 1.165) is 43.5 Å². The third-order valence-electron chi connectivity index (χ3n) is 3.03. The molecule has 98 valence electrons. The highest BCUT2D eigenvalue weighted by molar-refractivity contribution is 7.80. The number of piperazine rings is 1. The second-order valence-corrected chi connectivity index (χ2v) is 5.17. The second kappa shape index (κ2) is 5.58. The lowest BCUT2D eigenvalue weighted by atomic mass is 10.3. The van der Waals surface area contributed by atoms with Gasteiger partial charge in [0.1, 0.15) is 11.6 Å². The second-order valence-electron chi connectivity index (χ2n) is 4.64. The molecule has 1 aromatic rings. The summed E-state index contributed by atoms with van der Waals surface area (Å²) in [5, 5.41) is 0. The number of hydrogen-bond donors (Lipinski definition) is 1. The number of aryl methyl sites for hydroxylation is 2. The van der Waals surface area contributed by atoms with Crippen LogP contribution in [0.5, 0.6) is 0 Å². The van der Waals surface area contributed by atoms with Gasteiger partial charge in [-0.05, 0) is 13.8 Å². The molecule has 0 aliphatic carbocycles. The Kier molecular flexibility index (Phi) is 4.08. The molecule has 18 heavy (non-hydrogen) atoms. The van der Waals surface area contributed by atoms with Crippen molar-refractivity contribution in [2.24, 2.45) is 5.73 Å². The Morgan fingerprint density at radius 3 is 2.50 bits per heavy atom. The zero-order valence-electron chi connectivity index (χ0n) is 10.9. The Bertz CT molecular complexity index is 420. The van der Waals surface area contributed by atoms with E-state index < -0.39 is 0 Å². The normalized spacial score (nSPS) is 16.9. The van der Waals surface area contributed by atoms with Crippen LogP contribution in [-0.2, 0) is 0 Å². The van der Waals surface area contributed by atoms with Gasteiger partial charge in [-0.1, -0.05) is 12.2 Å². The highest BCUT2D eigenvalue weighted by Crippen LogP contribution is 2.14. The van der Waals surface area contributed by atoms with Gasteiger partial charge in [0.2, 0.25) is 0 Å². The van der Waals surface area contributed by atoms with Crippen LogP contribution in [0.25, 0.3) is 0 Å². The summed E-state index contributed by atoms with van der Waals surface area (Å²) in [5.41, 5.74) is 6.58. The average Bonchev–Trinajstić information content (AvgIpc) is 2.27. The third-order valence-corrected chi connectivity index (χ3v) is 3.16. The minimum Gasteiger partial charge on any atom is -0.392 e. The van der Waals surface area contributed by atoms with Crippen LogP contribution in [0.15, 0.2) is 6.07 Å². The monoisotopic (exact) mass is 265 g/mol. The maximum atomic E-state index is 5.56. The maximum absolute atomic E-state index is 5.56. The van der Waals surface area contributed by atoms with E-state index in [1.165, 1.54) is 0 Å². The molecule has 1 aliphatic heterocycles. The molecule has 0 aromatic carbocycles. The summed E-state index contributed by atoms with van der Waals surface area (Å²) < 4.78 is 0. The van der Waals surface area contributed by atoms with E-state index in [1.807, 2.05) is 19.9 Å². The van der Waals surface area contributed by atoms with Crippen molar-refractivity contribution in [3.8, 4) is 0 Å². The molecule has 5 nitrogen and oxygen atoms in total. The lowest BCUT2D eigenvalue weighted by Gasteiger charge is -2.35. The van der Waals surface area contributed by atoms with Crippen LogP contribution in [0, 0.1) is 13.8 Å². The fourth-order valence-electron chi connectivity index (χ4n) is 2.21. The van der Waals surface area contributed by atoms with Crippen LogP contribution in [0.3, 0.4) is 0 Å². The largest absolute Gasteiger partial charge is 0.392 e. The van der Waals surface area contributed by atoms with Gasteiger partial charge in [0, 0.05) is 44.5 Å². The number of hydrogen-bond acceptors (Lipinski definition) is 5. The Hall–Kier alpha value is -1.27. The Labute approximate surface area is 113 Å². The lowest BCUT2D eigenvalue weighted by molar-refractivity contribution is 0.291. The maximum Gasteiger partial charge on any atom is 0.132 e. The zero-order valence-corrected chi connectivity index (χ0v) is 11.7. The SMILES string of the molecule is Cc1cc(N2CCN(CC(N)=S)CC2)nc(C)n1. The van der Waals surface area contributed by atoms with Crippen LogP contribution in [0.1, 0.15) is 11.5 Å². The Morgan fingerprint density at radius 1 is 1.28 bits per heavy atom. The first kappa shape index (κ1) is 13.2. The highest BCUT2D eigenvalue weighted by Gasteiger charge is 2.18. The summed E-state index contributed by atoms with van der Waals surface area (Å²) >= 11 is 4.94. The molecule has 2 N–H and O–H groups in total. The fourth-order valence-corrected chi connectivity index (χ4v) is 2.40. The van der Waals surface area contributed by atoms with Gasteiger partial charge in [-0.15, -0.1) is 0 Å². The van der Waals surface area contributed by atoms with Gasteiger partial charge in [0.25, 0.3) is 0 Å². The molecule has 0 radical (unpaired) electrons. The smallest absolute Gasteiger partial charge is 0.132 e. The lowest BCUT2D eigenvalue weighted by Crippen LogP contribution is -2.48. The number of thiocarbonyl (C=S) groups is 1. The van der Waals surface area contributed by atoms with Crippen molar-refractivity contribution in [3.05, 3.63) is 17.6 Å². The van der Waals surface area contributed by atoms with Crippen molar-refractivity contribution in [3.63, 3.8) is 0 Å². The molecule has 6 heteroatoms. The van der Waals surface area contributed by atoms with Crippen LogP contribution in [-0.4, -0.2) is 52.6 Å². The van der Waals surface area contributed by atoms with E-state index in [9.17, 15) is 0 Å². The van der Waals surface area contributed by atoms with Crippen LogP contribution < -0.4 is 10.6 Å². The van der Waals surface area contributed by atoms with Gasteiger partial charge in [-0.2, -0.15) is 0 Å². The van der Waals surface area contributed by atoms with Crippen molar-refractivity contribution in [2.45, 2.75) is 13.8 Å². The summed E-state index contributed by atoms with van der Waals surface area (Å²) in [5.74, 6) is 1.85. The van der Waals surface area contributed by atoms with E-state index in [4.69, 9.17) is 18.0 Å². The quantitative estimate of drug-likeness (QED) is 0.803. The molecule has 0 unspecified atom stereocenters. The van der Waals surface area contributed by atoms with Crippen molar-refractivity contribution in [1.29, 1.82) is 0 Å². The third kappa shape index (κ3) is 3.36. The summed E-state index contributed by atoms with van der Waals surface area (Å²) in [6.07, 6.45) is 0. The van der Waals surface area contributed by atoms with Crippen LogP contribution in [0.4, 0.5) is 5.82 Å². The molecule has 1 fully saturated rings. The van der Waals surface area contributed by atoms with E-state index in [0.29, 0.717) is 11.5 Å². The first-order chi connectivity index (χ1) is 8.54. The number of nitrogens with two attached hydrogens (primary N) is 1. The van der Waals surface area contributed by atoms with Crippen molar-refractivity contribution >= 4 is 23.0 Å². The van der Waals surface area contributed by atoms with E-state index in [-0.39, 0.29) is 0 Å². The molecule has 1 aliphatic rings. The van der Waals surface area contributed by atoms with E-state index in [1.54, 1.807) is 0 Å². The van der Waals surface area contributed by atoms with Crippen LogP contribution >= 0.6 is 12.2 Å². The molecule has 1 aromatic heterocycles. The standard InChI is InChI=1S/C12H19N5S/c1-9-7-12(15-10(2)14-9)17-5-3-16(4-6-17)8-11(13)18/h7H,3-6,8H2,1-2H3,(H2,13,18). The van der Waals surface area contributed by atoms with Gasteiger partial charge in [0.05, 0.1) is 4.99 Å². The molecule has 0 amide bonds. The first-order valence-electron chi connectivity index (χ1n) is 6.12. The zero-order chi connectivity index (χ0) is 13.1. The van der Waals surface area contributed by atoms with Crippen molar-refractivity contribution in [1.82, 2.24) is 14.9 Å². The van der Waals surface area contributed by atoms with E-state index >= 15 is 0 Å². The van der Waals surface area contributed by atoms with Gasteiger partial charge in [0.15, 0.2) is 0 Å². The summed E-state index contributed by atoms with van der Waals surface area (Å²) in [7, 11) is 0. The average molecular weight is 265 g/mol. The Balaban J connectivity index is 1.98. The molecule has 0 bridgehead atoms. The molecule has 1 saturated heterocycles. The molecule has 2 heterocycles. The number of aromatic nitrogens is 2. The molecule has 0 atom stereocenters. The predicted octanol–water partition coefficient (Wildman–Crippen LogP) is 0.502. The number of anilines is 1.